The number of hydrogen-bond acceptors (Lipinski definition) is 3. The zero-order valence-corrected chi connectivity index (χ0v) is 12.0. The van der Waals surface area contributed by atoms with E-state index >= 15 is 0 Å². The predicted molar refractivity (Wildman–Crippen MR) is 81.3 cm³/mol. The van der Waals surface area contributed by atoms with Gasteiger partial charge in [-0.15, -0.1) is 5.10 Å². The van der Waals surface area contributed by atoms with E-state index in [2.05, 4.69) is 10.2 Å². The summed E-state index contributed by atoms with van der Waals surface area (Å²) in [5.74, 6) is 0.860. The van der Waals surface area contributed by atoms with E-state index < -0.39 is 0 Å². The van der Waals surface area contributed by atoms with Crippen LogP contribution in [-0.4, -0.2) is 17.3 Å². The third-order valence-electron chi connectivity index (χ3n) is 3.28. The van der Waals surface area contributed by atoms with E-state index in [-0.39, 0.29) is 12.4 Å². The van der Waals surface area contributed by atoms with Gasteiger partial charge in [-0.25, -0.2) is 4.39 Å². The summed E-state index contributed by atoms with van der Waals surface area (Å²) in [5.41, 5.74) is 2.16. The van der Waals surface area contributed by atoms with Crippen molar-refractivity contribution in [2.24, 2.45) is 0 Å². The largest absolute Gasteiger partial charge is 0.496 e. The van der Waals surface area contributed by atoms with Gasteiger partial charge in [0.25, 0.3) is 0 Å². The molecule has 1 heterocycles. The number of nitrogens with zero attached hydrogens (tertiary/aromatic N) is 1. The lowest BCUT2D eigenvalue weighted by Crippen LogP contribution is -1.98. The number of hydrogen-bond donors (Lipinski definition) is 1. The van der Waals surface area contributed by atoms with E-state index in [0.717, 1.165) is 17.0 Å². The molecule has 0 aliphatic carbocycles. The second kappa shape index (κ2) is 6.30. The van der Waals surface area contributed by atoms with Crippen molar-refractivity contribution in [2.45, 2.75) is 6.61 Å². The second-order valence-corrected chi connectivity index (χ2v) is 4.70. The number of methoxy groups -OCH3 is 1. The predicted octanol–water partition coefficient (Wildman–Crippen LogP) is 3.80. The highest BCUT2D eigenvalue weighted by Gasteiger charge is 2.10. The number of para-hydroxylation sites is 1. The molecule has 2 aromatic carbocycles. The molecule has 0 fully saturated rings. The average Bonchev–Trinajstić information content (AvgIpc) is 3.03. The van der Waals surface area contributed by atoms with Crippen molar-refractivity contribution in [1.82, 2.24) is 10.2 Å². The Morgan fingerprint density at radius 2 is 1.86 bits per heavy atom. The fraction of sp³-hybridized carbons (Fsp3) is 0.118. The van der Waals surface area contributed by atoms with Crippen molar-refractivity contribution in [3.8, 4) is 22.9 Å². The smallest absolute Gasteiger partial charge is 0.233 e. The lowest BCUT2D eigenvalue weighted by Gasteiger charge is -2.05. The number of benzene rings is 2. The van der Waals surface area contributed by atoms with E-state index in [4.69, 9.17) is 9.47 Å². The third-order valence-corrected chi connectivity index (χ3v) is 3.28. The minimum atomic E-state index is -0.289. The minimum Gasteiger partial charge on any atom is -0.496 e. The molecule has 22 heavy (non-hydrogen) atoms. The molecule has 112 valence electrons. The van der Waals surface area contributed by atoms with Crippen molar-refractivity contribution in [3.05, 3.63) is 66.0 Å². The normalized spacial score (nSPS) is 10.5. The first kappa shape index (κ1) is 14.1. The van der Waals surface area contributed by atoms with E-state index in [9.17, 15) is 4.39 Å². The van der Waals surface area contributed by atoms with E-state index in [1.165, 1.54) is 6.07 Å². The highest BCUT2D eigenvalue weighted by Crippen LogP contribution is 2.29. The molecular weight excluding hydrogens is 283 g/mol. The Balaban J connectivity index is 1.75. The molecule has 0 spiro atoms. The molecule has 1 aromatic heterocycles. The molecule has 0 bridgehead atoms. The van der Waals surface area contributed by atoms with Gasteiger partial charge in [0, 0.05) is 17.2 Å². The first-order chi connectivity index (χ1) is 10.8. The number of H-pyrrole nitrogens is 1. The third kappa shape index (κ3) is 2.93. The van der Waals surface area contributed by atoms with Crippen molar-refractivity contribution < 1.29 is 13.9 Å². The summed E-state index contributed by atoms with van der Waals surface area (Å²) in [7, 11) is 1.62. The van der Waals surface area contributed by atoms with Gasteiger partial charge < -0.3 is 9.47 Å². The first-order valence-corrected chi connectivity index (χ1v) is 6.83. The Bertz CT molecular complexity index is 771. The van der Waals surface area contributed by atoms with Crippen molar-refractivity contribution in [3.63, 3.8) is 0 Å². The summed E-state index contributed by atoms with van der Waals surface area (Å²) in [4.78, 5) is 0. The number of halogens is 1. The van der Waals surface area contributed by atoms with Crippen LogP contribution in [0.5, 0.6) is 11.6 Å². The van der Waals surface area contributed by atoms with Crippen molar-refractivity contribution >= 4 is 0 Å². The molecule has 4 nitrogen and oxygen atoms in total. The molecule has 0 amide bonds. The van der Waals surface area contributed by atoms with Crippen LogP contribution in [-0.2, 0) is 6.61 Å². The molecule has 0 atom stereocenters. The van der Waals surface area contributed by atoms with E-state index in [1.807, 2.05) is 24.3 Å². The summed E-state index contributed by atoms with van der Waals surface area (Å²) >= 11 is 0. The summed E-state index contributed by atoms with van der Waals surface area (Å²) in [5, 5.41) is 6.99. The van der Waals surface area contributed by atoms with Crippen molar-refractivity contribution in [1.29, 1.82) is 0 Å². The van der Waals surface area contributed by atoms with Gasteiger partial charge in [-0.05, 0) is 18.2 Å². The lowest BCUT2D eigenvalue weighted by atomic mass is 10.1. The maximum Gasteiger partial charge on any atom is 0.233 e. The van der Waals surface area contributed by atoms with Gasteiger partial charge in [0.05, 0.1) is 12.8 Å². The van der Waals surface area contributed by atoms with E-state index in [1.54, 1.807) is 31.4 Å². The van der Waals surface area contributed by atoms with Gasteiger partial charge in [0.15, 0.2) is 0 Å². The lowest BCUT2D eigenvalue weighted by molar-refractivity contribution is 0.287. The topological polar surface area (TPSA) is 47.1 Å². The van der Waals surface area contributed by atoms with Crippen LogP contribution in [0, 0.1) is 5.82 Å². The van der Waals surface area contributed by atoms with Crippen LogP contribution in [0.15, 0.2) is 54.6 Å². The van der Waals surface area contributed by atoms with Crippen LogP contribution in [0.4, 0.5) is 4.39 Å². The van der Waals surface area contributed by atoms with Crippen LogP contribution in [0.2, 0.25) is 0 Å². The van der Waals surface area contributed by atoms with Gasteiger partial charge in [-0.1, -0.05) is 30.3 Å². The zero-order chi connectivity index (χ0) is 15.4. The molecule has 1 N–H and O–H groups in total. The monoisotopic (exact) mass is 298 g/mol. The molecule has 0 aliphatic heterocycles. The quantitative estimate of drug-likeness (QED) is 0.779. The van der Waals surface area contributed by atoms with Crippen LogP contribution >= 0.6 is 0 Å². The summed E-state index contributed by atoms with van der Waals surface area (Å²) < 4.78 is 24.4. The van der Waals surface area contributed by atoms with Gasteiger partial charge in [0.1, 0.15) is 18.2 Å². The average molecular weight is 298 g/mol. The number of ether oxygens (including phenoxy) is 2. The molecular formula is C17H15FN2O2. The highest BCUT2D eigenvalue weighted by atomic mass is 19.1. The number of rotatable bonds is 5. The maximum atomic E-state index is 13.5. The minimum absolute atomic E-state index is 0.128. The summed E-state index contributed by atoms with van der Waals surface area (Å²) in [6, 6.07) is 15.9. The molecule has 3 aromatic rings. The molecule has 0 saturated heterocycles. The molecule has 0 saturated carbocycles. The molecule has 0 aliphatic rings. The molecule has 0 radical (unpaired) electrons. The van der Waals surface area contributed by atoms with Gasteiger partial charge >= 0.3 is 0 Å². The number of aromatic nitrogens is 2. The SMILES string of the molecule is COc1ccccc1-c1cc(OCc2ccccc2F)n[nH]1. The molecule has 5 heteroatoms. The fourth-order valence-electron chi connectivity index (χ4n) is 2.15. The van der Waals surface area contributed by atoms with E-state index in [0.29, 0.717) is 11.4 Å². The highest BCUT2D eigenvalue weighted by molar-refractivity contribution is 5.67. The first-order valence-electron chi connectivity index (χ1n) is 6.83. The standard InChI is InChI=1S/C17H15FN2O2/c1-21-16-9-5-3-7-13(16)15-10-17(20-19-15)22-11-12-6-2-4-8-14(12)18/h2-10H,11H2,1H3,(H,19,20). The Morgan fingerprint density at radius 1 is 1.09 bits per heavy atom. The fourth-order valence-corrected chi connectivity index (χ4v) is 2.15. The molecule has 0 unspecified atom stereocenters. The Morgan fingerprint density at radius 3 is 2.68 bits per heavy atom. The van der Waals surface area contributed by atoms with Crippen LogP contribution in [0.1, 0.15) is 5.56 Å². The second-order valence-electron chi connectivity index (χ2n) is 4.70. The van der Waals surface area contributed by atoms with Crippen LogP contribution in [0.3, 0.4) is 0 Å². The van der Waals surface area contributed by atoms with Crippen LogP contribution in [0.25, 0.3) is 11.3 Å². The van der Waals surface area contributed by atoms with Gasteiger partial charge in [-0.3, -0.25) is 5.10 Å². The Hall–Kier alpha value is -2.82. The van der Waals surface area contributed by atoms with Gasteiger partial charge in [-0.2, -0.15) is 0 Å². The summed E-state index contributed by atoms with van der Waals surface area (Å²) in [6.07, 6.45) is 0. The van der Waals surface area contributed by atoms with Crippen LogP contribution < -0.4 is 9.47 Å². The number of aromatic amines is 1. The zero-order valence-electron chi connectivity index (χ0n) is 12.0. The molecule has 3 rings (SSSR count). The van der Waals surface area contributed by atoms with Crippen molar-refractivity contribution in [2.75, 3.05) is 7.11 Å². The van der Waals surface area contributed by atoms with Gasteiger partial charge in [0.2, 0.25) is 5.88 Å². The maximum absolute atomic E-state index is 13.5. The summed E-state index contributed by atoms with van der Waals surface area (Å²) in [6.45, 7) is 0.128. The Kier molecular flexibility index (Phi) is 4.05. The Labute approximate surface area is 127 Å². The number of nitrogens with one attached hydrogen (secondary N) is 1.